The van der Waals surface area contributed by atoms with Crippen LogP contribution in [0, 0.1) is 15.5 Å². The second-order valence-corrected chi connectivity index (χ2v) is 10.6. The molecular formula is C22H24N4O4S. The fourth-order valence-corrected chi connectivity index (χ4v) is 5.04. The first-order valence-electron chi connectivity index (χ1n) is 10.1. The largest absolute Gasteiger partial charge is 0.343 e. The van der Waals surface area contributed by atoms with E-state index < -0.39 is 10.8 Å². The average Bonchev–Trinajstić information content (AvgIpc) is 2.64. The number of nitro benzene ring substituents is 1. The van der Waals surface area contributed by atoms with Gasteiger partial charge < -0.3 is 10.3 Å². The maximum atomic E-state index is 13.2. The molecule has 0 saturated heterocycles. The Morgan fingerprint density at radius 2 is 1.87 bits per heavy atom. The third kappa shape index (κ3) is 4.01. The van der Waals surface area contributed by atoms with Gasteiger partial charge in [0.2, 0.25) is 0 Å². The Morgan fingerprint density at radius 3 is 2.48 bits per heavy atom. The van der Waals surface area contributed by atoms with E-state index >= 15 is 0 Å². The number of Topliss-reactive ketones (excluding diaryl/α,β-unsaturated/α-hetero) is 1. The second-order valence-electron chi connectivity index (χ2n) is 9.04. The van der Waals surface area contributed by atoms with Crippen LogP contribution in [0.3, 0.4) is 0 Å². The molecule has 0 saturated carbocycles. The molecule has 2 aromatic rings. The third-order valence-electron chi connectivity index (χ3n) is 5.48. The van der Waals surface area contributed by atoms with Crippen LogP contribution in [0.5, 0.6) is 0 Å². The molecule has 1 aliphatic carbocycles. The number of carbonyl (C=O) groups is 1. The number of thioether (sulfide) groups is 1. The van der Waals surface area contributed by atoms with Crippen molar-refractivity contribution in [2.75, 3.05) is 5.32 Å². The number of ketones is 1. The van der Waals surface area contributed by atoms with Crippen molar-refractivity contribution in [3.63, 3.8) is 0 Å². The Morgan fingerprint density at radius 1 is 1.19 bits per heavy atom. The van der Waals surface area contributed by atoms with Gasteiger partial charge in [-0.15, -0.1) is 0 Å². The normalized spacial score (nSPS) is 19.6. The maximum absolute atomic E-state index is 13.2. The van der Waals surface area contributed by atoms with E-state index in [0.29, 0.717) is 40.5 Å². The third-order valence-corrected chi connectivity index (χ3v) is 6.37. The van der Waals surface area contributed by atoms with E-state index in [1.54, 1.807) is 12.1 Å². The molecule has 0 fully saturated rings. The fourth-order valence-electron chi connectivity index (χ4n) is 4.29. The van der Waals surface area contributed by atoms with Crippen LogP contribution in [-0.4, -0.2) is 25.9 Å². The number of allylic oxidation sites excluding steroid dienone is 2. The highest BCUT2D eigenvalue weighted by Gasteiger charge is 2.42. The van der Waals surface area contributed by atoms with Gasteiger partial charge in [-0.3, -0.25) is 19.7 Å². The summed E-state index contributed by atoms with van der Waals surface area (Å²) >= 11 is 1.45. The number of carbonyl (C=O) groups excluding carboxylic acids is 1. The Labute approximate surface area is 183 Å². The lowest BCUT2D eigenvalue weighted by atomic mass is 9.69. The lowest BCUT2D eigenvalue weighted by Crippen LogP contribution is -2.37. The molecule has 9 heteroatoms. The van der Waals surface area contributed by atoms with Crippen molar-refractivity contribution in [2.45, 2.75) is 56.9 Å². The molecule has 2 N–H and O–H groups in total. The number of hydrogen-bond donors (Lipinski definition) is 2. The van der Waals surface area contributed by atoms with Crippen LogP contribution in [0.1, 0.15) is 57.6 Å². The van der Waals surface area contributed by atoms with E-state index in [1.165, 1.54) is 23.9 Å². The van der Waals surface area contributed by atoms with Gasteiger partial charge in [0, 0.05) is 41.0 Å². The van der Waals surface area contributed by atoms with Gasteiger partial charge in [-0.1, -0.05) is 51.6 Å². The lowest BCUT2D eigenvalue weighted by molar-refractivity contribution is -0.384. The predicted octanol–water partition coefficient (Wildman–Crippen LogP) is 4.38. The van der Waals surface area contributed by atoms with Crippen LogP contribution in [0.2, 0.25) is 0 Å². The van der Waals surface area contributed by atoms with Gasteiger partial charge >= 0.3 is 0 Å². The second kappa shape index (κ2) is 7.64. The highest BCUT2D eigenvalue weighted by atomic mass is 32.2. The number of aromatic amines is 1. The van der Waals surface area contributed by atoms with Crippen molar-refractivity contribution < 1.29 is 9.72 Å². The summed E-state index contributed by atoms with van der Waals surface area (Å²) in [5, 5.41) is 15.1. The molecule has 2 aliphatic rings. The standard InChI is InChI=1S/C22H24N4O4S/c1-11(2)31-21-24-19-18(20(28)25-21)16(12-5-7-13(8-6-12)26(29)30)17-14(23-19)9-22(3,4)10-15(17)27/h5-8,11,16H,9-10H2,1-4H3,(H2,23,24,25,28)/t16-/m1/s1. The predicted molar refractivity (Wildman–Crippen MR) is 119 cm³/mol. The highest BCUT2D eigenvalue weighted by molar-refractivity contribution is 7.99. The molecule has 0 spiro atoms. The van der Waals surface area contributed by atoms with Crippen LogP contribution < -0.4 is 10.9 Å². The van der Waals surface area contributed by atoms with E-state index in [4.69, 9.17) is 0 Å². The molecule has 1 atom stereocenters. The van der Waals surface area contributed by atoms with Gasteiger partial charge in [0.25, 0.3) is 11.2 Å². The minimum absolute atomic E-state index is 0.0206. The number of aromatic nitrogens is 2. The Balaban J connectivity index is 1.91. The molecule has 162 valence electrons. The SMILES string of the molecule is CC(C)Sc1nc2c(c(=O)[nH]1)[C@H](c1ccc([N+](=O)[O-])cc1)C1=C(CC(C)(C)CC1=O)N2. The number of nitrogens with zero attached hydrogens (tertiary/aromatic N) is 2. The molecule has 4 rings (SSSR count). The van der Waals surface area contributed by atoms with Gasteiger partial charge in [0.05, 0.1) is 10.5 Å². The first-order chi connectivity index (χ1) is 14.6. The number of anilines is 1. The summed E-state index contributed by atoms with van der Waals surface area (Å²) in [5.74, 6) is -0.197. The molecule has 0 radical (unpaired) electrons. The topological polar surface area (TPSA) is 118 Å². The summed E-state index contributed by atoms with van der Waals surface area (Å²) in [6.07, 6.45) is 1.02. The number of nitro groups is 1. The van der Waals surface area contributed by atoms with Gasteiger partial charge in [-0.05, 0) is 17.4 Å². The molecule has 31 heavy (non-hydrogen) atoms. The van der Waals surface area contributed by atoms with Gasteiger partial charge in [0.15, 0.2) is 10.9 Å². The molecule has 0 bridgehead atoms. The molecule has 0 amide bonds. The number of benzene rings is 1. The van der Waals surface area contributed by atoms with Gasteiger partial charge in [0.1, 0.15) is 5.82 Å². The molecule has 1 aromatic heterocycles. The van der Waals surface area contributed by atoms with Crippen LogP contribution in [0.4, 0.5) is 11.5 Å². The minimum Gasteiger partial charge on any atom is -0.343 e. The van der Waals surface area contributed by atoms with Crippen LogP contribution in [0.25, 0.3) is 0 Å². The zero-order valence-corrected chi connectivity index (χ0v) is 18.6. The number of hydrogen-bond acceptors (Lipinski definition) is 7. The number of H-pyrrole nitrogens is 1. The first-order valence-corrected chi connectivity index (χ1v) is 11.0. The average molecular weight is 441 g/mol. The fraction of sp³-hybridized carbons (Fsp3) is 0.409. The number of non-ortho nitro benzene ring substituents is 1. The van der Waals surface area contributed by atoms with Crippen molar-refractivity contribution in [3.05, 3.63) is 67.1 Å². The van der Waals surface area contributed by atoms with Crippen LogP contribution in [-0.2, 0) is 4.79 Å². The summed E-state index contributed by atoms with van der Waals surface area (Å²) in [6.45, 7) is 8.11. The van der Waals surface area contributed by atoms with E-state index in [2.05, 4.69) is 15.3 Å². The molecule has 0 unspecified atom stereocenters. The zero-order valence-electron chi connectivity index (χ0n) is 17.8. The van der Waals surface area contributed by atoms with E-state index in [9.17, 15) is 19.7 Å². The molecular weight excluding hydrogens is 416 g/mol. The smallest absolute Gasteiger partial charge is 0.269 e. The van der Waals surface area contributed by atoms with Crippen LogP contribution in [0.15, 0.2) is 45.5 Å². The Hall–Kier alpha value is -2.94. The molecule has 1 aromatic carbocycles. The van der Waals surface area contributed by atoms with E-state index in [1.807, 2.05) is 27.7 Å². The monoisotopic (exact) mass is 440 g/mol. The lowest BCUT2D eigenvalue weighted by Gasteiger charge is -2.38. The minimum atomic E-state index is -0.620. The van der Waals surface area contributed by atoms with E-state index in [0.717, 1.165) is 5.70 Å². The zero-order chi connectivity index (χ0) is 22.5. The Bertz CT molecular complexity index is 1170. The summed E-state index contributed by atoms with van der Waals surface area (Å²) in [4.78, 5) is 44.4. The maximum Gasteiger partial charge on any atom is 0.269 e. The van der Waals surface area contributed by atoms with Crippen molar-refractivity contribution in [2.24, 2.45) is 5.41 Å². The molecule has 8 nitrogen and oxygen atoms in total. The van der Waals surface area contributed by atoms with Gasteiger partial charge in [-0.2, -0.15) is 0 Å². The van der Waals surface area contributed by atoms with Gasteiger partial charge in [-0.25, -0.2) is 4.98 Å². The van der Waals surface area contributed by atoms with Crippen molar-refractivity contribution in [1.29, 1.82) is 0 Å². The highest BCUT2D eigenvalue weighted by Crippen LogP contribution is 2.47. The van der Waals surface area contributed by atoms with Crippen molar-refractivity contribution in [3.8, 4) is 0 Å². The number of rotatable bonds is 4. The summed E-state index contributed by atoms with van der Waals surface area (Å²) in [6, 6.07) is 6.04. The van der Waals surface area contributed by atoms with Crippen LogP contribution >= 0.6 is 11.8 Å². The van der Waals surface area contributed by atoms with Crippen molar-refractivity contribution >= 4 is 29.1 Å². The summed E-state index contributed by atoms with van der Waals surface area (Å²) in [5.41, 5.74) is 1.79. The summed E-state index contributed by atoms with van der Waals surface area (Å²) < 4.78 is 0. The number of fused-ring (bicyclic) bond motifs is 1. The number of nitrogens with one attached hydrogen (secondary N) is 2. The quantitative estimate of drug-likeness (QED) is 0.313. The molecule has 2 heterocycles. The Kier molecular flexibility index (Phi) is 5.25. The van der Waals surface area contributed by atoms with E-state index in [-0.39, 0.29) is 27.7 Å². The first kappa shape index (κ1) is 21.3. The molecule has 1 aliphatic heterocycles. The van der Waals surface area contributed by atoms with Crippen molar-refractivity contribution in [1.82, 2.24) is 9.97 Å². The summed E-state index contributed by atoms with van der Waals surface area (Å²) in [7, 11) is 0.